The van der Waals surface area contributed by atoms with Gasteiger partial charge in [0.2, 0.25) is 0 Å². The van der Waals surface area contributed by atoms with E-state index in [4.69, 9.17) is 10.5 Å². The van der Waals surface area contributed by atoms with Crippen LogP contribution in [0.3, 0.4) is 0 Å². The molecule has 0 aromatic heterocycles. The second-order valence-corrected chi connectivity index (χ2v) is 2.51. The van der Waals surface area contributed by atoms with Crippen molar-refractivity contribution in [1.29, 1.82) is 0 Å². The van der Waals surface area contributed by atoms with Gasteiger partial charge < -0.3 is 10.5 Å². The Balaban J connectivity index is 2.80. The average Bonchev–Trinajstić information content (AvgIpc) is 2.10. The third-order valence-corrected chi connectivity index (χ3v) is 1.74. The summed E-state index contributed by atoms with van der Waals surface area (Å²) >= 11 is 0. The van der Waals surface area contributed by atoms with Crippen LogP contribution in [0.25, 0.3) is 0 Å². The number of methoxy groups -OCH3 is 1. The van der Waals surface area contributed by atoms with E-state index in [2.05, 4.69) is 0 Å². The number of rotatable bonds is 3. The fourth-order valence-electron chi connectivity index (χ4n) is 1.05. The average molecular weight is 169 g/mol. The van der Waals surface area contributed by atoms with Gasteiger partial charge in [0, 0.05) is 13.7 Å². The molecule has 0 radical (unpaired) electrons. The first-order valence-electron chi connectivity index (χ1n) is 3.76. The van der Waals surface area contributed by atoms with Crippen molar-refractivity contribution in [1.82, 2.24) is 0 Å². The molecule has 1 rings (SSSR count). The van der Waals surface area contributed by atoms with Gasteiger partial charge in [-0.25, -0.2) is 4.39 Å². The fourth-order valence-corrected chi connectivity index (χ4v) is 1.05. The molecule has 0 aliphatic rings. The molecule has 0 aliphatic carbocycles. The van der Waals surface area contributed by atoms with Crippen molar-refractivity contribution in [2.24, 2.45) is 5.73 Å². The molecule has 1 aromatic rings. The van der Waals surface area contributed by atoms with Gasteiger partial charge in [0.05, 0.1) is 6.10 Å². The molecule has 2 nitrogen and oxygen atoms in total. The van der Waals surface area contributed by atoms with Gasteiger partial charge in [0.15, 0.2) is 0 Å². The van der Waals surface area contributed by atoms with Crippen molar-refractivity contribution in [3.05, 3.63) is 35.6 Å². The maximum absolute atomic E-state index is 12.5. The van der Waals surface area contributed by atoms with Crippen LogP contribution in [0.1, 0.15) is 11.7 Å². The number of hydrogen-bond donors (Lipinski definition) is 1. The molecule has 0 spiro atoms. The minimum atomic E-state index is -0.245. The summed E-state index contributed by atoms with van der Waals surface area (Å²) in [6.45, 7) is 0.405. The lowest BCUT2D eigenvalue weighted by molar-refractivity contribution is 0.110. The summed E-state index contributed by atoms with van der Waals surface area (Å²) in [5.74, 6) is -0.245. The van der Waals surface area contributed by atoms with Crippen LogP contribution < -0.4 is 5.73 Å². The first kappa shape index (κ1) is 9.16. The van der Waals surface area contributed by atoms with Gasteiger partial charge in [-0.2, -0.15) is 0 Å². The molecule has 0 bridgehead atoms. The number of halogens is 1. The molecule has 1 aromatic carbocycles. The number of benzene rings is 1. The minimum absolute atomic E-state index is 0.134. The fraction of sp³-hybridized carbons (Fsp3) is 0.333. The molecule has 0 amide bonds. The first-order chi connectivity index (χ1) is 5.77. The summed E-state index contributed by atoms with van der Waals surface area (Å²) in [7, 11) is 1.58. The molecule has 0 fully saturated rings. The van der Waals surface area contributed by atoms with E-state index in [1.165, 1.54) is 12.1 Å². The lowest BCUT2D eigenvalue weighted by Gasteiger charge is -2.12. The third kappa shape index (κ3) is 2.03. The Morgan fingerprint density at radius 3 is 2.42 bits per heavy atom. The van der Waals surface area contributed by atoms with Gasteiger partial charge in [0.25, 0.3) is 0 Å². The van der Waals surface area contributed by atoms with Crippen LogP contribution >= 0.6 is 0 Å². The van der Waals surface area contributed by atoms with Gasteiger partial charge >= 0.3 is 0 Å². The molecular weight excluding hydrogens is 157 g/mol. The highest BCUT2D eigenvalue weighted by Gasteiger charge is 2.06. The zero-order valence-electron chi connectivity index (χ0n) is 6.96. The van der Waals surface area contributed by atoms with E-state index in [0.717, 1.165) is 5.56 Å². The predicted molar refractivity (Wildman–Crippen MR) is 45.2 cm³/mol. The topological polar surface area (TPSA) is 35.2 Å². The van der Waals surface area contributed by atoms with Gasteiger partial charge in [-0.05, 0) is 17.7 Å². The van der Waals surface area contributed by atoms with Crippen LogP contribution in [0.4, 0.5) is 4.39 Å². The smallest absolute Gasteiger partial charge is 0.123 e. The van der Waals surface area contributed by atoms with E-state index in [9.17, 15) is 4.39 Å². The lowest BCUT2D eigenvalue weighted by atomic mass is 10.1. The maximum Gasteiger partial charge on any atom is 0.123 e. The zero-order chi connectivity index (χ0) is 8.97. The van der Waals surface area contributed by atoms with Crippen molar-refractivity contribution in [3.8, 4) is 0 Å². The van der Waals surface area contributed by atoms with Crippen molar-refractivity contribution in [2.45, 2.75) is 6.10 Å². The Hall–Kier alpha value is -0.930. The first-order valence-corrected chi connectivity index (χ1v) is 3.76. The lowest BCUT2D eigenvalue weighted by Crippen LogP contribution is -2.13. The second-order valence-electron chi connectivity index (χ2n) is 2.51. The Morgan fingerprint density at radius 2 is 2.00 bits per heavy atom. The molecule has 12 heavy (non-hydrogen) atoms. The van der Waals surface area contributed by atoms with Crippen LogP contribution in [-0.4, -0.2) is 13.7 Å². The van der Waals surface area contributed by atoms with Crippen molar-refractivity contribution < 1.29 is 9.13 Å². The van der Waals surface area contributed by atoms with Gasteiger partial charge in [-0.15, -0.1) is 0 Å². The Morgan fingerprint density at radius 1 is 1.42 bits per heavy atom. The Kier molecular flexibility index (Phi) is 3.19. The summed E-state index contributed by atoms with van der Waals surface area (Å²) in [6.07, 6.45) is -0.134. The highest BCUT2D eigenvalue weighted by atomic mass is 19.1. The Bertz CT molecular complexity index is 231. The van der Waals surface area contributed by atoms with E-state index in [0.29, 0.717) is 6.54 Å². The van der Waals surface area contributed by atoms with E-state index in [1.54, 1.807) is 19.2 Å². The molecule has 0 saturated heterocycles. The molecule has 0 heterocycles. The second kappa shape index (κ2) is 4.18. The molecular formula is C9H12FNO. The monoisotopic (exact) mass is 169 g/mol. The van der Waals surface area contributed by atoms with Gasteiger partial charge in [-0.3, -0.25) is 0 Å². The van der Waals surface area contributed by atoms with E-state index in [-0.39, 0.29) is 11.9 Å². The van der Waals surface area contributed by atoms with E-state index < -0.39 is 0 Å². The molecule has 66 valence electrons. The van der Waals surface area contributed by atoms with E-state index in [1.807, 2.05) is 0 Å². The predicted octanol–water partition coefficient (Wildman–Crippen LogP) is 1.47. The summed E-state index contributed by atoms with van der Waals surface area (Å²) in [5.41, 5.74) is 6.34. The third-order valence-electron chi connectivity index (χ3n) is 1.74. The number of ether oxygens (including phenoxy) is 1. The van der Waals surface area contributed by atoms with Gasteiger partial charge in [-0.1, -0.05) is 12.1 Å². The molecule has 0 unspecified atom stereocenters. The van der Waals surface area contributed by atoms with Crippen molar-refractivity contribution in [3.63, 3.8) is 0 Å². The quantitative estimate of drug-likeness (QED) is 0.743. The highest BCUT2D eigenvalue weighted by Crippen LogP contribution is 2.14. The van der Waals surface area contributed by atoms with Crippen LogP contribution in [0.15, 0.2) is 24.3 Å². The van der Waals surface area contributed by atoms with Gasteiger partial charge in [0.1, 0.15) is 5.82 Å². The highest BCUT2D eigenvalue weighted by molar-refractivity contribution is 5.18. The summed E-state index contributed by atoms with van der Waals surface area (Å²) in [4.78, 5) is 0. The molecule has 2 N–H and O–H groups in total. The van der Waals surface area contributed by atoms with Crippen LogP contribution in [0.5, 0.6) is 0 Å². The number of nitrogens with two attached hydrogens (primary N) is 1. The molecule has 0 saturated carbocycles. The van der Waals surface area contributed by atoms with Crippen LogP contribution in [-0.2, 0) is 4.74 Å². The summed E-state index contributed by atoms with van der Waals surface area (Å²) < 4.78 is 17.6. The minimum Gasteiger partial charge on any atom is -0.375 e. The molecule has 0 aliphatic heterocycles. The number of hydrogen-bond acceptors (Lipinski definition) is 2. The summed E-state index contributed by atoms with van der Waals surface area (Å²) in [6, 6.07) is 6.15. The maximum atomic E-state index is 12.5. The zero-order valence-corrected chi connectivity index (χ0v) is 6.96. The Labute approximate surface area is 71.1 Å². The van der Waals surface area contributed by atoms with Crippen molar-refractivity contribution in [2.75, 3.05) is 13.7 Å². The SMILES string of the molecule is CO[C@H](CN)c1ccc(F)cc1. The summed E-state index contributed by atoms with van der Waals surface area (Å²) in [5, 5.41) is 0. The largest absolute Gasteiger partial charge is 0.375 e. The molecule has 1 atom stereocenters. The normalized spacial score (nSPS) is 12.9. The standard InChI is InChI=1S/C9H12FNO/c1-12-9(6-11)7-2-4-8(10)5-3-7/h2-5,9H,6,11H2,1H3/t9-/m1/s1. The van der Waals surface area contributed by atoms with Crippen LogP contribution in [0.2, 0.25) is 0 Å². The van der Waals surface area contributed by atoms with Crippen molar-refractivity contribution >= 4 is 0 Å². The molecule has 3 heteroatoms. The van der Waals surface area contributed by atoms with Crippen LogP contribution in [0, 0.1) is 5.82 Å². The van der Waals surface area contributed by atoms with E-state index >= 15 is 0 Å².